The van der Waals surface area contributed by atoms with Gasteiger partial charge in [0.15, 0.2) is 0 Å². The van der Waals surface area contributed by atoms with E-state index >= 15 is 0 Å². The van der Waals surface area contributed by atoms with Crippen LogP contribution in [0, 0.1) is 0 Å². The van der Waals surface area contributed by atoms with Gasteiger partial charge in [-0.15, -0.1) is 0 Å². The van der Waals surface area contributed by atoms with Gasteiger partial charge >= 0.3 is 0 Å². The second-order valence-corrected chi connectivity index (χ2v) is 13.9. The number of fused-ring (bicyclic) bond motifs is 2. The summed E-state index contributed by atoms with van der Waals surface area (Å²) in [6.07, 6.45) is 7.07. The van der Waals surface area contributed by atoms with Crippen LogP contribution in [0.4, 0.5) is 34.1 Å². The normalized spacial score (nSPS) is 10.8. The maximum Gasteiger partial charge on any atom is 0.0540 e. The molecule has 0 aliphatic rings. The molecule has 0 unspecified atom stereocenters. The van der Waals surface area contributed by atoms with Gasteiger partial charge in [0.2, 0.25) is 0 Å². The lowest BCUT2D eigenvalue weighted by molar-refractivity contribution is 1.30. The van der Waals surface area contributed by atoms with Crippen LogP contribution in [-0.4, -0.2) is 0 Å². The monoisotopic (exact) mass is 744 g/mol. The molecule has 0 radical (unpaired) electrons. The molecule has 0 aliphatic carbocycles. The first-order valence-corrected chi connectivity index (χ1v) is 19.6. The van der Waals surface area contributed by atoms with E-state index in [2.05, 4.69) is 241 Å². The summed E-state index contributed by atoms with van der Waals surface area (Å²) < 4.78 is 0. The van der Waals surface area contributed by atoms with Crippen LogP contribution in [0.1, 0.15) is 0 Å². The molecular weight excluding hydrogens is 701 g/mol. The molecule has 0 saturated carbocycles. The zero-order valence-electron chi connectivity index (χ0n) is 32.4. The molecule has 0 saturated heterocycles. The molecule has 0 aromatic heterocycles. The van der Waals surface area contributed by atoms with Crippen molar-refractivity contribution in [3.8, 4) is 22.3 Å². The fourth-order valence-electron chi connectivity index (χ4n) is 7.43. The zero-order valence-corrected chi connectivity index (χ0v) is 32.4. The molecule has 0 spiro atoms. The molecular formula is C56H44N2. The Bertz CT molecular complexity index is 2580. The highest BCUT2D eigenvalue weighted by atomic mass is 15.1. The number of hydrogen-bond donors (Lipinski definition) is 0. The van der Waals surface area contributed by atoms with Crippen molar-refractivity contribution >= 4 is 55.7 Å². The minimum Gasteiger partial charge on any atom is -0.310 e. The predicted octanol–water partition coefficient (Wildman–Crippen LogP) is 16.2. The topological polar surface area (TPSA) is 6.48 Å². The SMILES string of the molecule is C=C/C=C\C=C.c1ccc(N(c2ccc(-c3ccc(-c4ccc(N(c5ccccc5)c5cccc6ccccc56)cc4)cc3)cc2)c2cccc3ccccc23)cc1. The molecule has 2 nitrogen and oxygen atoms in total. The summed E-state index contributed by atoms with van der Waals surface area (Å²) >= 11 is 0. The van der Waals surface area contributed by atoms with Crippen LogP contribution in [0.5, 0.6) is 0 Å². The number of rotatable bonds is 10. The van der Waals surface area contributed by atoms with Crippen molar-refractivity contribution in [2.75, 3.05) is 9.80 Å². The summed E-state index contributed by atoms with van der Waals surface area (Å²) in [6.45, 7) is 6.93. The van der Waals surface area contributed by atoms with Gasteiger partial charge in [-0.05, 0) is 93.7 Å². The van der Waals surface area contributed by atoms with Gasteiger partial charge in [0, 0.05) is 33.5 Å². The number of nitrogens with zero attached hydrogens (tertiary/aromatic N) is 2. The molecule has 0 N–H and O–H groups in total. The Hall–Kier alpha value is -7.68. The number of anilines is 6. The molecule has 9 rings (SSSR count). The fraction of sp³-hybridized carbons (Fsp3) is 0. The van der Waals surface area contributed by atoms with E-state index in [0.717, 1.165) is 34.1 Å². The lowest BCUT2D eigenvalue weighted by atomic mass is 9.99. The Morgan fingerprint density at radius 3 is 0.931 bits per heavy atom. The number of para-hydroxylation sites is 2. The number of hydrogen-bond acceptors (Lipinski definition) is 2. The van der Waals surface area contributed by atoms with Crippen molar-refractivity contribution in [3.63, 3.8) is 0 Å². The quantitative estimate of drug-likeness (QED) is 0.129. The van der Waals surface area contributed by atoms with Gasteiger partial charge in [0.1, 0.15) is 0 Å². The summed E-state index contributed by atoms with van der Waals surface area (Å²) in [5.41, 5.74) is 11.6. The second-order valence-electron chi connectivity index (χ2n) is 13.9. The Kier molecular flexibility index (Phi) is 11.5. The summed E-state index contributed by atoms with van der Waals surface area (Å²) in [6, 6.07) is 78.2. The number of allylic oxidation sites excluding steroid dienone is 4. The largest absolute Gasteiger partial charge is 0.310 e. The molecule has 2 heteroatoms. The number of benzene rings is 9. The van der Waals surface area contributed by atoms with E-state index in [-0.39, 0.29) is 0 Å². The van der Waals surface area contributed by atoms with E-state index in [4.69, 9.17) is 0 Å². The molecule has 0 atom stereocenters. The summed E-state index contributed by atoms with van der Waals surface area (Å²) in [5, 5.41) is 4.90. The molecule has 0 heterocycles. The van der Waals surface area contributed by atoms with Crippen LogP contribution >= 0.6 is 0 Å². The maximum atomic E-state index is 3.46. The third kappa shape index (κ3) is 8.14. The highest BCUT2D eigenvalue weighted by Gasteiger charge is 2.17. The molecule has 0 amide bonds. The van der Waals surface area contributed by atoms with Gasteiger partial charge in [-0.1, -0.05) is 195 Å². The van der Waals surface area contributed by atoms with Crippen LogP contribution in [0.15, 0.2) is 256 Å². The van der Waals surface area contributed by atoms with Crippen LogP contribution in [0.2, 0.25) is 0 Å². The van der Waals surface area contributed by atoms with Crippen molar-refractivity contribution in [2.45, 2.75) is 0 Å². The van der Waals surface area contributed by atoms with Gasteiger partial charge in [0.25, 0.3) is 0 Å². The Morgan fingerprint density at radius 1 is 0.276 bits per heavy atom. The highest BCUT2D eigenvalue weighted by Crippen LogP contribution is 2.41. The molecule has 9 aromatic rings. The molecule has 9 aromatic carbocycles. The van der Waals surface area contributed by atoms with Gasteiger partial charge in [-0.2, -0.15) is 0 Å². The van der Waals surface area contributed by atoms with Crippen molar-refractivity contribution in [1.82, 2.24) is 0 Å². The van der Waals surface area contributed by atoms with Gasteiger partial charge in [-0.3, -0.25) is 0 Å². The third-order valence-corrected chi connectivity index (χ3v) is 10.2. The van der Waals surface area contributed by atoms with E-state index in [1.165, 1.54) is 43.8 Å². The second kappa shape index (κ2) is 17.8. The fourth-order valence-corrected chi connectivity index (χ4v) is 7.43. The first-order chi connectivity index (χ1) is 28.7. The van der Waals surface area contributed by atoms with Crippen LogP contribution in [0.25, 0.3) is 43.8 Å². The smallest absolute Gasteiger partial charge is 0.0540 e. The van der Waals surface area contributed by atoms with Crippen LogP contribution in [-0.2, 0) is 0 Å². The van der Waals surface area contributed by atoms with Gasteiger partial charge < -0.3 is 9.80 Å². The summed E-state index contributed by atoms with van der Waals surface area (Å²) in [7, 11) is 0. The molecule has 58 heavy (non-hydrogen) atoms. The van der Waals surface area contributed by atoms with Crippen molar-refractivity contribution < 1.29 is 0 Å². The van der Waals surface area contributed by atoms with Crippen molar-refractivity contribution in [3.05, 3.63) is 256 Å². The van der Waals surface area contributed by atoms with Crippen molar-refractivity contribution in [1.29, 1.82) is 0 Å². The summed E-state index contributed by atoms with van der Waals surface area (Å²) in [4.78, 5) is 4.69. The van der Waals surface area contributed by atoms with Crippen LogP contribution in [0.3, 0.4) is 0 Å². The van der Waals surface area contributed by atoms with Gasteiger partial charge in [-0.25, -0.2) is 0 Å². The minimum atomic E-state index is 1.12. The van der Waals surface area contributed by atoms with E-state index in [0.29, 0.717) is 0 Å². The molecule has 278 valence electrons. The first kappa shape index (κ1) is 37.3. The molecule has 0 aliphatic heterocycles. The minimum absolute atomic E-state index is 1.12. The third-order valence-electron chi connectivity index (χ3n) is 10.2. The van der Waals surface area contributed by atoms with Gasteiger partial charge in [0.05, 0.1) is 11.4 Å². The Morgan fingerprint density at radius 2 is 0.569 bits per heavy atom. The highest BCUT2D eigenvalue weighted by molar-refractivity contribution is 6.00. The Labute approximate surface area is 342 Å². The zero-order chi connectivity index (χ0) is 39.5. The maximum absolute atomic E-state index is 3.46. The van der Waals surface area contributed by atoms with E-state index in [1.807, 2.05) is 12.2 Å². The standard InChI is InChI=1S/C50H36N2.C6H8/c1-3-17-43(18-4-1)51(49-23-11-15-41-13-7-9-21-47(41)49)45-33-29-39(30-34-45)37-25-27-38(28-26-37)40-31-35-46(36-32-40)52(44-19-5-2-6-20-44)50-24-12-16-42-14-8-10-22-48(42)50;1-3-5-6-4-2/h1-36H;3-6H,1-2H2/b;6-5-. The Balaban J connectivity index is 0.000000729. The average molecular weight is 745 g/mol. The van der Waals surface area contributed by atoms with E-state index in [1.54, 1.807) is 12.2 Å². The van der Waals surface area contributed by atoms with Crippen LogP contribution < -0.4 is 9.80 Å². The lowest BCUT2D eigenvalue weighted by Gasteiger charge is -2.27. The first-order valence-electron chi connectivity index (χ1n) is 19.6. The van der Waals surface area contributed by atoms with E-state index < -0.39 is 0 Å². The average Bonchev–Trinajstić information content (AvgIpc) is 3.30. The molecule has 0 bridgehead atoms. The lowest BCUT2D eigenvalue weighted by Crippen LogP contribution is -2.10. The van der Waals surface area contributed by atoms with E-state index in [9.17, 15) is 0 Å². The predicted molar refractivity (Wildman–Crippen MR) is 251 cm³/mol. The molecule has 0 fully saturated rings. The summed E-state index contributed by atoms with van der Waals surface area (Å²) in [5.74, 6) is 0. The van der Waals surface area contributed by atoms with Crippen molar-refractivity contribution in [2.24, 2.45) is 0 Å².